The molecular formula is C23H28N2O2. The lowest BCUT2D eigenvalue weighted by molar-refractivity contribution is -0.125. The van der Waals surface area contributed by atoms with Crippen molar-refractivity contribution in [3.63, 3.8) is 0 Å². The van der Waals surface area contributed by atoms with Crippen LogP contribution in [-0.2, 0) is 9.59 Å². The molecule has 1 fully saturated rings. The predicted octanol–water partition coefficient (Wildman–Crippen LogP) is 5.00. The summed E-state index contributed by atoms with van der Waals surface area (Å²) < 4.78 is 0. The number of amides is 2. The number of aryl methyl sites for hydroxylation is 3. The van der Waals surface area contributed by atoms with Gasteiger partial charge < -0.3 is 10.6 Å². The molecule has 0 aliphatic heterocycles. The maximum atomic E-state index is 12.7. The number of anilines is 2. The van der Waals surface area contributed by atoms with Gasteiger partial charge in [0.25, 0.3) is 0 Å². The van der Waals surface area contributed by atoms with E-state index >= 15 is 0 Å². The lowest BCUT2D eigenvalue weighted by atomic mass is 9.81. The number of rotatable bonds is 4. The molecule has 4 heteroatoms. The fourth-order valence-electron chi connectivity index (χ4n) is 3.74. The topological polar surface area (TPSA) is 58.2 Å². The second kappa shape index (κ2) is 8.38. The summed E-state index contributed by atoms with van der Waals surface area (Å²) in [6.45, 7) is 6.04. The van der Waals surface area contributed by atoms with Crippen molar-refractivity contribution in [1.82, 2.24) is 0 Å². The SMILES string of the molecule is Cc1ccc(NC(=O)C2CCC(C(=O)Nc3c(C)cccc3C)CC2)cc1. The van der Waals surface area contributed by atoms with E-state index in [1.54, 1.807) is 0 Å². The second-order valence-corrected chi connectivity index (χ2v) is 7.66. The largest absolute Gasteiger partial charge is 0.326 e. The fraction of sp³-hybridized carbons (Fsp3) is 0.391. The van der Waals surface area contributed by atoms with Crippen LogP contribution < -0.4 is 10.6 Å². The van der Waals surface area contributed by atoms with E-state index in [9.17, 15) is 9.59 Å². The van der Waals surface area contributed by atoms with Crippen LogP contribution in [0.25, 0.3) is 0 Å². The molecule has 0 bridgehead atoms. The van der Waals surface area contributed by atoms with E-state index in [0.717, 1.165) is 48.2 Å². The van der Waals surface area contributed by atoms with Crippen LogP contribution in [0.15, 0.2) is 42.5 Å². The minimum absolute atomic E-state index is 0.0180. The van der Waals surface area contributed by atoms with Crippen LogP contribution in [0, 0.1) is 32.6 Å². The van der Waals surface area contributed by atoms with Gasteiger partial charge in [0.05, 0.1) is 0 Å². The molecule has 2 amide bonds. The molecule has 4 nitrogen and oxygen atoms in total. The monoisotopic (exact) mass is 364 g/mol. The van der Waals surface area contributed by atoms with Crippen LogP contribution in [-0.4, -0.2) is 11.8 Å². The molecule has 27 heavy (non-hydrogen) atoms. The zero-order chi connectivity index (χ0) is 19.4. The number of benzene rings is 2. The van der Waals surface area contributed by atoms with Crippen molar-refractivity contribution in [2.75, 3.05) is 10.6 Å². The van der Waals surface area contributed by atoms with Crippen molar-refractivity contribution in [3.8, 4) is 0 Å². The summed E-state index contributed by atoms with van der Waals surface area (Å²) in [5, 5.41) is 6.10. The maximum absolute atomic E-state index is 12.7. The van der Waals surface area contributed by atoms with E-state index in [2.05, 4.69) is 10.6 Å². The summed E-state index contributed by atoms with van der Waals surface area (Å²) in [4.78, 5) is 25.2. The molecule has 0 unspecified atom stereocenters. The van der Waals surface area contributed by atoms with Gasteiger partial charge in [-0.1, -0.05) is 35.9 Å². The second-order valence-electron chi connectivity index (χ2n) is 7.66. The number of para-hydroxylation sites is 1. The van der Waals surface area contributed by atoms with Gasteiger partial charge in [-0.3, -0.25) is 9.59 Å². The van der Waals surface area contributed by atoms with Gasteiger partial charge in [-0.25, -0.2) is 0 Å². The first-order valence-corrected chi connectivity index (χ1v) is 9.68. The highest BCUT2D eigenvalue weighted by atomic mass is 16.2. The van der Waals surface area contributed by atoms with E-state index in [0.29, 0.717) is 0 Å². The predicted molar refractivity (Wildman–Crippen MR) is 110 cm³/mol. The number of nitrogens with one attached hydrogen (secondary N) is 2. The maximum Gasteiger partial charge on any atom is 0.227 e. The summed E-state index contributed by atoms with van der Waals surface area (Å²) in [6, 6.07) is 13.9. The van der Waals surface area contributed by atoms with Crippen LogP contribution in [0.1, 0.15) is 42.4 Å². The van der Waals surface area contributed by atoms with E-state index < -0.39 is 0 Å². The third-order valence-corrected chi connectivity index (χ3v) is 5.52. The Morgan fingerprint density at radius 1 is 0.741 bits per heavy atom. The number of hydrogen-bond donors (Lipinski definition) is 2. The van der Waals surface area contributed by atoms with Crippen LogP contribution in [0.2, 0.25) is 0 Å². The molecule has 1 aliphatic rings. The van der Waals surface area contributed by atoms with Crippen molar-refractivity contribution < 1.29 is 9.59 Å². The van der Waals surface area contributed by atoms with Crippen LogP contribution in [0.4, 0.5) is 11.4 Å². The Kier molecular flexibility index (Phi) is 5.94. The zero-order valence-corrected chi connectivity index (χ0v) is 16.3. The van der Waals surface area contributed by atoms with Crippen LogP contribution >= 0.6 is 0 Å². The van der Waals surface area contributed by atoms with E-state index in [4.69, 9.17) is 0 Å². The Labute approximate surface area is 161 Å². The quantitative estimate of drug-likeness (QED) is 0.802. The lowest BCUT2D eigenvalue weighted by Crippen LogP contribution is -2.32. The molecule has 2 aromatic carbocycles. The van der Waals surface area contributed by atoms with Crippen LogP contribution in [0.3, 0.4) is 0 Å². The van der Waals surface area contributed by atoms with Crippen molar-refractivity contribution in [2.45, 2.75) is 46.5 Å². The first-order valence-electron chi connectivity index (χ1n) is 9.68. The van der Waals surface area contributed by atoms with Crippen molar-refractivity contribution >= 4 is 23.2 Å². The smallest absolute Gasteiger partial charge is 0.227 e. The van der Waals surface area contributed by atoms with E-state index in [-0.39, 0.29) is 23.7 Å². The first kappa shape index (κ1) is 19.2. The van der Waals surface area contributed by atoms with E-state index in [1.807, 2.05) is 63.2 Å². The fourth-order valence-corrected chi connectivity index (χ4v) is 3.74. The molecule has 0 radical (unpaired) electrons. The first-order chi connectivity index (χ1) is 12.9. The third kappa shape index (κ3) is 4.76. The minimum Gasteiger partial charge on any atom is -0.326 e. The molecule has 142 valence electrons. The summed E-state index contributed by atoms with van der Waals surface area (Å²) >= 11 is 0. The Hall–Kier alpha value is -2.62. The van der Waals surface area contributed by atoms with Gasteiger partial charge in [-0.05, 0) is 69.7 Å². The van der Waals surface area contributed by atoms with Gasteiger partial charge in [0.1, 0.15) is 0 Å². The highest BCUT2D eigenvalue weighted by molar-refractivity contribution is 5.95. The van der Waals surface area contributed by atoms with Crippen molar-refractivity contribution in [3.05, 3.63) is 59.2 Å². The Bertz CT molecular complexity index is 799. The van der Waals surface area contributed by atoms with E-state index in [1.165, 1.54) is 5.56 Å². The molecule has 2 aromatic rings. The third-order valence-electron chi connectivity index (χ3n) is 5.52. The molecular weight excluding hydrogens is 336 g/mol. The lowest BCUT2D eigenvalue weighted by Gasteiger charge is -2.27. The Morgan fingerprint density at radius 2 is 1.22 bits per heavy atom. The van der Waals surface area contributed by atoms with Gasteiger partial charge in [0, 0.05) is 23.2 Å². The Morgan fingerprint density at radius 3 is 1.74 bits per heavy atom. The molecule has 1 aliphatic carbocycles. The molecule has 0 atom stereocenters. The summed E-state index contributed by atoms with van der Waals surface area (Å²) in [6.07, 6.45) is 3.01. The van der Waals surface area contributed by atoms with Crippen LogP contribution in [0.5, 0.6) is 0 Å². The summed E-state index contributed by atoms with van der Waals surface area (Å²) in [5.74, 6) is 0.0974. The highest BCUT2D eigenvalue weighted by Gasteiger charge is 2.30. The normalized spacial score (nSPS) is 19.4. The zero-order valence-electron chi connectivity index (χ0n) is 16.3. The number of carbonyl (C=O) groups excluding carboxylic acids is 2. The minimum atomic E-state index is -0.0209. The van der Waals surface area contributed by atoms with Gasteiger partial charge in [-0.2, -0.15) is 0 Å². The molecule has 2 N–H and O–H groups in total. The number of carbonyl (C=O) groups is 2. The molecule has 0 spiro atoms. The van der Waals surface area contributed by atoms with Gasteiger partial charge >= 0.3 is 0 Å². The average Bonchev–Trinajstić information content (AvgIpc) is 2.66. The molecule has 3 rings (SSSR count). The van der Waals surface area contributed by atoms with Gasteiger partial charge in [0.15, 0.2) is 0 Å². The summed E-state index contributed by atoms with van der Waals surface area (Å²) in [7, 11) is 0. The van der Waals surface area contributed by atoms with Crippen molar-refractivity contribution in [1.29, 1.82) is 0 Å². The van der Waals surface area contributed by atoms with Gasteiger partial charge in [0.2, 0.25) is 11.8 Å². The van der Waals surface area contributed by atoms with Crippen molar-refractivity contribution in [2.24, 2.45) is 11.8 Å². The molecule has 1 saturated carbocycles. The highest BCUT2D eigenvalue weighted by Crippen LogP contribution is 2.31. The standard InChI is InChI=1S/C23H28N2O2/c1-15-7-13-20(14-8-15)24-22(26)18-9-11-19(12-10-18)23(27)25-21-16(2)5-4-6-17(21)3/h4-8,13-14,18-19H,9-12H2,1-3H3,(H,24,26)(H,25,27). The average molecular weight is 364 g/mol. The van der Waals surface area contributed by atoms with Gasteiger partial charge in [-0.15, -0.1) is 0 Å². The molecule has 0 saturated heterocycles. The summed E-state index contributed by atoms with van der Waals surface area (Å²) in [5.41, 5.74) is 5.08. The Balaban J connectivity index is 1.53. The molecule has 0 aromatic heterocycles. The molecule has 0 heterocycles. The number of hydrogen-bond acceptors (Lipinski definition) is 2.